The number of halogens is 1. The summed E-state index contributed by atoms with van der Waals surface area (Å²) in [7, 11) is 1.89. The average Bonchev–Trinajstić information content (AvgIpc) is 2.83. The van der Waals surface area contributed by atoms with Gasteiger partial charge >= 0.3 is 0 Å². The third kappa shape index (κ3) is 3.16. The Bertz CT molecular complexity index is 883. The zero-order valence-electron chi connectivity index (χ0n) is 13.5. The summed E-state index contributed by atoms with van der Waals surface area (Å²) in [5, 5.41) is 8.55. The molecule has 5 nitrogen and oxygen atoms in total. The van der Waals surface area contributed by atoms with E-state index in [1.54, 1.807) is 30.3 Å². The number of hydrogen-bond donors (Lipinski definition) is 1. The highest BCUT2D eigenvalue weighted by atomic mass is 35.5. The van der Waals surface area contributed by atoms with E-state index < -0.39 is 0 Å². The second-order valence-corrected chi connectivity index (χ2v) is 6.13. The fourth-order valence-corrected chi connectivity index (χ4v) is 2.84. The van der Waals surface area contributed by atoms with Gasteiger partial charge in [0.15, 0.2) is 0 Å². The van der Waals surface area contributed by atoms with Crippen LogP contribution in [0, 0.1) is 6.92 Å². The number of ketones is 1. The normalized spacial score (nSPS) is 10.8. The Balaban J connectivity index is 1.92. The number of aromatic nitrogens is 3. The molecule has 1 aromatic carbocycles. The molecule has 2 N–H and O–H groups in total. The molecule has 3 aromatic rings. The first-order chi connectivity index (χ1) is 11.5. The first-order valence-corrected chi connectivity index (χ1v) is 7.87. The van der Waals surface area contributed by atoms with Crippen LogP contribution in [0.4, 0.5) is 5.82 Å². The molecule has 0 atom stereocenters. The summed E-state index contributed by atoms with van der Waals surface area (Å²) in [5.74, 6) is 0.363. The van der Waals surface area contributed by atoms with E-state index in [2.05, 4.69) is 10.2 Å². The fraction of sp³-hybridized carbons (Fsp3) is 0.167. The van der Waals surface area contributed by atoms with Crippen LogP contribution in [0.3, 0.4) is 0 Å². The second kappa shape index (κ2) is 6.45. The molecule has 0 aliphatic heterocycles. The number of nitrogen functional groups attached to an aromatic ring is 1. The number of rotatable bonds is 4. The van der Waals surface area contributed by atoms with E-state index in [0.717, 1.165) is 17.0 Å². The minimum atomic E-state index is -0.0266. The Morgan fingerprint density at radius 3 is 2.50 bits per heavy atom. The molecule has 3 rings (SSSR count). The molecular weight excluding hydrogens is 324 g/mol. The lowest BCUT2D eigenvalue weighted by Gasteiger charge is -2.08. The van der Waals surface area contributed by atoms with Gasteiger partial charge in [-0.1, -0.05) is 11.6 Å². The summed E-state index contributed by atoms with van der Waals surface area (Å²) in [6.07, 6.45) is 0.582. The number of benzene rings is 1. The van der Waals surface area contributed by atoms with Crippen molar-refractivity contribution < 1.29 is 4.79 Å². The van der Waals surface area contributed by atoms with Crippen LogP contribution in [0.5, 0.6) is 0 Å². The third-order valence-corrected chi connectivity index (χ3v) is 4.20. The van der Waals surface area contributed by atoms with Gasteiger partial charge in [0.25, 0.3) is 0 Å². The van der Waals surface area contributed by atoms with Crippen molar-refractivity contribution in [3.63, 3.8) is 0 Å². The quantitative estimate of drug-likeness (QED) is 0.740. The van der Waals surface area contributed by atoms with Crippen LogP contribution in [-0.2, 0) is 13.5 Å². The molecular formula is C18H17ClN4O. The van der Waals surface area contributed by atoms with E-state index in [-0.39, 0.29) is 5.78 Å². The van der Waals surface area contributed by atoms with E-state index in [1.165, 1.54) is 0 Å². The molecule has 0 aliphatic rings. The zero-order chi connectivity index (χ0) is 17.3. The Labute approximate surface area is 145 Å². The van der Waals surface area contributed by atoms with Crippen molar-refractivity contribution in [3.05, 3.63) is 75.7 Å². The highest BCUT2D eigenvalue weighted by molar-refractivity contribution is 6.30. The van der Waals surface area contributed by atoms with Crippen molar-refractivity contribution in [2.24, 2.45) is 7.05 Å². The fourth-order valence-electron chi connectivity index (χ4n) is 2.71. The summed E-state index contributed by atoms with van der Waals surface area (Å²) in [5.41, 5.74) is 9.55. The maximum absolute atomic E-state index is 12.8. The SMILES string of the molecule is Cc1cc(Cc2ccc(N)nn2)n(C)c1C(=O)c1ccc(Cl)cc1. The van der Waals surface area contributed by atoms with Gasteiger partial charge in [0.2, 0.25) is 5.78 Å². The molecule has 0 saturated carbocycles. The van der Waals surface area contributed by atoms with Gasteiger partial charge in [-0.05, 0) is 55.0 Å². The van der Waals surface area contributed by atoms with Crippen molar-refractivity contribution in [2.75, 3.05) is 5.73 Å². The number of anilines is 1. The summed E-state index contributed by atoms with van der Waals surface area (Å²) >= 11 is 5.89. The molecule has 24 heavy (non-hydrogen) atoms. The molecule has 0 radical (unpaired) electrons. The van der Waals surface area contributed by atoms with Crippen molar-refractivity contribution in [1.29, 1.82) is 0 Å². The number of nitrogens with two attached hydrogens (primary N) is 1. The first kappa shape index (κ1) is 16.2. The maximum atomic E-state index is 12.8. The number of aryl methyl sites for hydroxylation is 1. The Hall–Kier alpha value is -2.66. The van der Waals surface area contributed by atoms with Gasteiger partial charge in [0.05, 0.1) is 11.4 Å². The molecule has 0 fully saturated rings. The van der Waals surface area contributed by atoms with Crippen LogP contribution >= 0.6 is 11.6 Å². The van der Waals surface area contributed by atoms with E-state index in [4.69, 9.17) is 17.3 Å². The van der Waals surface area contributed by atoms with Gasteiger partial charge in [-0.25, -0.2) is 0 Å². The summed E-state index contributed by atoms with van der Waals surface area (Å²) < 4.78 is 1.91. The summed E-state index contributed by atoms with van der Waals surface area (Å²) in [6, 6.07) is 12.5. The average molecular weight is 341 g/mol. The maximum Gasteiger partial charge on any atom is 0.209 e. The minimum absolute atomic E-state index is 0.0266. The van der Waals surface area contributed by atoms with Gasteiger partial charge in [-0.3, -0.25) is 4.79 Å². The van der Waals surface area contributed by atoms with Gasteiger partial charge < -0.3 is 10.3 Å². The van der Waals surface area contributed by atoms with E-state index in [0.29, 0.717) is 28.5 Å². The highest BCUT2D eigenvalue weighted by Crippen LogP contribution is 2.21. The number of nitrogens with zero attached hydrogens (tertiary/aromatic N) is 3. The predicted octanol–water partition coefficient (Wildman–Crippen LogP) is 3.18. The number of carbonyl (C=O) groups excluding carboxylic acids is 1. The van der Waals surface area contributed by atoms with Crippen LogP contribution < -0.4 is 5.73 Å². The summed E-state index contributed by atoms with van der Waals surface area (Å²) in [6.45, 7) is 1.93. The molecule has 0 spiro atoms. The van der Waals surface area contributed by atoms with Crippen LogP contribution in [0.2, 0.25) is 5.02 Å². The van der Waals surface area contributed by atoms with E-state index >= 15 is 0 Å². The largest absolute Gasteiger partial charge is 0.382 e. The van der Waals surface area contributed by atoms with Crippen molar-refractivity contribution in [3.8, 4) is 0 Å². The molecule has 0 saturated heterocycles. The lowest BCUT2D eigenvalue weighted by atomic mass is 10.1. The topological polar surface area (TPSA) is 73.8 Å². The van der Waals surface area contributed by atoms with Crippen molar-refractivity contribution in [2.45, 2.75) is 13.3 Å². The van der Waals surface area contributed by atoms with Crippen molar-refractivity contribution in [1.82, 2.24) is 14.8 Å². The van der Waals surface area contributed by atoms with Gasteiger partial charge in [-0.15, -0.1) is 5.10 Å². The van der Waals surface area contributed by atoms with Crippen molar-refractivity contribution >= 4 is 23.2 Å². The molecule has 0 amide bonds. The van der Waals surface area contributed by atoms with Gasteiger partial charge in [0.1, 0.15) is 5.82 Å². The smallest absolute Gasteiger partial charge is 0.209 e. The first-order valence-electron chi connectivity index (χ1n) is 7.49. The van der Waals surface area contributed by atoms with Gasteiger partial charge in [0, 0.05) is 29.7 Å². The van der Waals surface area contributed by atoms with E-state index in [1.807, 2.05) is 30.7 Å². The minimum Gasteiger partial charge on any atom is -0.382 e. The standard InChI is InChI=1S/C18H17ClN4O/c1-11-9-15(10-14-7-8-16(20)22-21-14)23(2)17(11)18(24)12-3-5-13(19)6-4-12/h3-9H,10H2,1-2H3,(H2,20,22). The van der Waals surface area contributed by atoms with Crippen LogP contribution in [0.25, 0.3) is 0 Å². The number of carbonyl (C=O) groups is 1. The van der Waals surface area contributed by atoms with Gasteiger partial charge in [-0.2, -0.15) is 5.10 Å². The summed E-state index contributed by atoms with van der Waals surface area (Å²) in [4.78, 5) is 12.8. The third-order valence-electron chi connectivity index (χ3n) is 3.95. The second-order valence-electron chi connectivity index (χ2n) is 5.69. The van der Waals surface area contributed by atoms with Crippen LogP contribution in [0.15, 0.2) is 42.5 Å². The molecule has 0 bridgehead atoms. The van der Waals surface area contributed by atoms with Crippen LogP contribution in [0.1, 0.15) is 33.0 Å². The molecule has 2 aromatic heterocycles. The molecule has 6 heteroatoms. The highest BCUT2D eigenvalue weighted by Gasteiger charge is 2.18. The van der Waals surface area contributed by atoms with Crippen LogP contribution in [-0.4, -0.2) is 20.5 Å². The molecule has 0 aliphatic carbocycles. The molecule has 122 valence electrons. The molecule has 0 unspecified atom stereocenters. The van der Waals surface area contributed by atoms with E-state index in [9.17, 15) is 4.79 Å². The Kier molecular flexibility index (Phi) is 4.36. The monoisotopic (exact) mass is 340 g/mol. The predicted molar refractivity (Wildman–Crippen MR) is 94.3 cm³/mol. The Morgan fingerprint density at radius 1 is 1.17 bits per heavy atom. The molecule has 2 heterocycles. The number of hydrogen-bond acceptors (Lipinski definition) is 4. The lowest BCUT2D eigenvalue weighted by Crippen LogP contribution is -2.11. The Morgan fingerprint density at radius 2 is 1.88 bits per heavy atom. The zero-order valence-corrected chi connectivity index (χ0v) is 14.2. The lowest BCUT2D eigenvalue weighted by molar-refractivity contribution is 0.103.